The van der Waals surface area contributed by atoms with Gasteiger partial charge in [-0.2, -0.15) is 0 Å². The molecule has 0 spiro atoms. The quantitative estimate of drug-likeness (QED) is 0.660. The highest BCUT2D eigenvalue weighted by Crippen LogP contribution is 2.15. The summed E-state index contributed by atoms with van der Waals surface area (Å²) >= 11 is 0. The molecule has 0 aliphatic carbocycles. The Morgan fingerprint density at radius 1 is 1.07 bits per heavy atom. The lowest BCUT2D eigenvalue weighted by molar-refractivity contribution is -0.118. The van der Waals surface area contributed by atoms with Crippen LogP contribution in [0.5, 0.6) is 5.75 Å². The van der Waals surface area contributed by atoms with E-state index in [1.807, 2.05) is 6.07 Å². The van der Waals surface area contributed by atoms with Gasteiger partial charge >= 0.3 is 6.01 Å². The van der Waals surface area contributed by atoms with Crippen molar-refractivity contribution in [2.24, 2.45) is 0 Å². The molecule has 0 unspecified atom stereocenters. The van der Waals surface area contributed by atoms with Gasteiger partial charge in [-0.3, -0.25) is 10.1 Å². The van der Waals surface area contributed by atoms with Gasteiger partial charge in [0.2, 0.25) is 5.89 Å². The molecule has 2 aromatic carbocycles. The lowest BCUT2D eigenvalue weighted by Gasteiger charge is -2.04. The summed E-state index contributed by atoms with van der Waals surface area (Å²) in [5, 5.41) is 10.1. The Balaban J connectivity index is 1.54. The van der Waals surface area contributed by atoms with Crippen LogP contribution in [-0.4, -0.2) is 37.4 Å². The number of carbonyl (C=O) groups is 1. The average molecular weight is 387 g/mol. The van der Waals surface area contributed by atoms with Crippen LogP contribution < -0.4 is 10.1 Å². The molecular weight excluding hydrogens is 370 g/mol. The van der Waals surface area contributed by atoms with Crippen LogP contribution in [0.2, 0.25) is 0 Å². The number of nitrogens with zero attached hydrogens (tertiary/aromatic N) is 2. The van der Waals surface area contributed by atoms with Gasteiger partial charge < -0.3 is 9.15 Å². The lowest BCUT2D eigenvalue weighted by Crippen LogP contribution is -2.20. The maximum absolute atomic E-state index is 11.9. The van der Waals surface area contributed by atoms with E-state index in [0.717, 1.165) is 11.8 Å². The summed E-state index contributed by atoms with van der Waals surface area (Å²) in [6.45, 7) is -0.186. The van der Waals surface area contributed by atoms with Crippen LogP contribution in [0, 0.1) is 0 Å². The van der Waals surface area contributed by atoms with Crippen LogP contribution >= 0.6 is 0 Å². The molecule has 0 fully saturated rings. The van der Waals surface area contributed by atoms with Gasteiger partial charge in [-0.25, -0.2) is 8.42 Å². The number of sulfone groups is 1. The van der Waals surface area contributed by atoms with Gasteiger partial charge in [0.05, 0.1) is 11.3 Å². The predicted molar refractivity (Wildman–Crippen MR) is 97.2 cm³/mol. The van der Waals surface area contributed by atoms with Gasteiger partial charge in [-0.1, -0.05) is 35.4 Å². The van der Waals surface area contributed by atoms with Crippen molar-refractivity contribution in [2.45, 2.75) is 11.3 Å². The predicted octanol–water partition coefficient (Wildman–Crippen LogP) is 2.08. The molecule has 1 heterocycles. The fourth-order valence-electron chi connectivity index (χ4n) is 2.23. The van der Waals surface area contributed by atoms with Gasteiger partial charge in [0, 0.05) is 6.26 Å². The van der Waals surface area contributed by atoms with E-state index < -0.39 is 15.7 Å². The Morgan fingerprint density at radius 3 is 2.44 bits per heavy atom. The number of amides is 1. The summed E-state index contributed by atoms with van der Waals surface area (Å²) in [6.07, 6.45) is 1.46. The van der Waals surface area contributed by atoms with Crippen LogP contribution in [0.3, 0.4) is 0 Å². The minimum Gasteiger partial charge on any atom is -0.484 e. The summed E-state index contributed by atoms with van der Waals surface area (Å²) in [7, 11) is -3.24. The molecule has 140 valence electrons. The van der Waals surface area contributed by atoms with Crippen molar-refractivity contribution < 1.29 is 22.4 Å². The minimum absolute atomic E-state index is 0.0283. The fraction of sp³-hybridized carbons (Fsp3) is 0.167. The first-order valence-corrected chi connectivity index (χ1v) is 9.88. The zero-order valence-corrected chi connectivity index (χ0v) is 15.3. The van der Waals surface area contributed by atoms with Crippen LogP contribution in [0.1, 0.15) is 11.5 Å². The van der Waals surface area contributed by atoms with E-state index in [4.69, 9.17) is 9.15 Å². The van der Waals surface area contributed by atoms with E-state index in [-0.39, 0.29) is 17.5 Å². The highest BCUT2D eigenvalue weighted by atomic mass is 32.2. The number of nitrogens with one attached hydrogen (secondary N) is 1. The Kier molecular flexibility index (Phi) is 5.51. The largest absolute Gasteiger partial charge is 0.484 e. The second kappa shape index (κ2) is 8.00. The van der Waals surface area contributed by atoms with E-state index >= 15 is 0 Å². The third-order valence-electron chi connectivity index (χ3n) is 3.53. The monoisotopic (exact) mass is 387 g/mol. The molecule has 27 heavy (non-hydrogen) atoms. The molecule has 0 bridgehead atoms. The standard InChI is InChI=1S/C18H17N3O5S/c1-27(23,24)15-9-7-13(8-10-15)11-17-20-21-18(26-17)19-16(22)12-25-14-5-3-2-4-6-14/h2-10H,11-12H2,1H3,(H,19,21,22). The third kappa shape index (κ3) is 5.38. The minimum atomic E-state index is -3.24. The van der Waals surface area contributed by atoms with Crippen LogP contribution in [0.25, 0.3) is 0 Å². The Bertz CT molecular complexity index is 1010. The summed E-state index contributed by atoms with van der Waals surface area (Å²) in [5.74, 6) is 0.448. The summed E-state index contributed by atoms with van der Waals surface area (Å²) in [6, 6.07) is 15.3. The molecule has 3 rings (SSSR count). The first-order valence-electron chi connectivity index (χ1n) is 7.99. The van der Waals surface area contributed by atoms with Crippen molar-refractivity contribution in [2.75, 3.05) is 18.2 Å². The molecule has 0 radical (unpaired) electrons. The maximum atomic E-state index is 11.9. The van der Waals surface area contributed by atoms with E-state index in [1.165, 1.54) is 12.1 Å². The topological polar surface area (TPSA) is 111 Å². The molecule has 0 atom stereocenters. The highest BCUT2D eigenvalue weighted by molar-refractivity contribution is 7.90. The van der Waals surface area contributed by atoms with E-state index in [2.05, 4.69) is 15.5 Å². The van der Waals surface area contributed by atoms with E-state index in [9.17, 15) is 13.2 Å². The zero-order chi connectivity index (χ0) is 19.3. The van der Waals surface area contributed by atoms with Gasteiger partial charge in [-0.15, -0.1) is 5.10 Å². The van der Waals surface area contributed by atoms with Crippen LogP contribution in [0.15, 0.2) is 63.9 Å². The molecule has 1 amide bonds. The molecule has 9 heteroatoms. The second-order valence-electron chi connectivity index (χ2n) is 5.74. The van der Waals surface area contributed by atoms with Crippen molar-refractivity contribution in [3.63, 3.8) is 0 Å². The van der Waals surface area contributed by atoms with Gasteiger partial charge in [0.15, 0.2) is 16.4 Å². The number of ether oxygens (including phenoxy) is 1. The van der Waals surface area contributed by atoms with Gasteiger partial charge in [0.1, 0.15) is 5.75 Å². The number of rotatable bonds is 7. The fourth-order valence-corrected chi connectivity index (χ4v) is 2.86. The number of hydrogen-bond acceptors (Lipinski definition) is 7. The third-order valence-corrected chi connectivity index (χ3v) is 4.66. The molecule has 0 aliphatic rings. The van der Waals surface area contributed by atoms with Gasteiger partial charge in [-0.05, 0) is 29.8 Å². The molecule has 0 saturated heterocycles. The molecule has 0 saturated carbocycles. The first kappa shape index (κ1) is 18.6. The van der Waals surface area contributed by atoms with Crippen LogP contribution in [-0.2, 0) is 21.1 Å². The van der Waals surface area contributed by atoms with Crippen molar-refractivity contribution in [1.82, 2.24) is 10.2 Å². The number of benzene rings is 2. The molecule has 3 aromatic rings. The zero-order valence-electron chi connectivity index (χ0n) is 14.5. The van der Waals surface area contributed by atoms with E-state index in [0.29, 0.717) is 18.1 Å². The summed E-state index contributed by atoms with van der Waals surface area (Å²) in [4.78, 5) is 12.1. The van der Waals surface area contributed by atoms with Gasteiger partial charge in [0.25, 0.3) is 5.91 Å². The van der Waals surface area contributed by atoms with Crippen LogP contribution in [0.4, 0.5) is 6.01 Å². The maximum Gasteiger partial charge on any atom is 0.322 e. The lowest BCUT2D eigenvalue weighted by atomic mass is 10.1. The Morgan fingerprint density at radius 2 is 1.78 bits per heavy atom. The molecule has 1 N–H and O–H groups in total. The first-order chi connectivity index (χ1) is 12.9. The SMILES string of the molecule is CS(=O)(=O)c1ccc(Cc2nnc(NC(=O)COc3ccccc3)o2)cc1. The van der Waals surface area contributed by atoms with Crippen molar-refractivity contribution in [3.05, 3.63) is 66.1 Å². The van der Waals surface area contributed by atoms with Crippen molar-refractivity contribution in [1.29, 1.82) is 0 Å². The van der Waals surface area contributed by atoms with Crippen molar-refractivity contribution >= 4 is 21.8 Å². The number of anilines is 1. The molecule has 8 nitrogen and oxygen atoms in total. The Hall–Kier alpha value is -3.20. The highest BCUT2D eigenvalue weighted by Gasteiger charge is 2.12. The Labute approximate surface area is 156 Å². The number of para-hydroxylation sites is 1. The normalized spacial score (nSPS) is 11.1. The second-order valence-corrected chi connectivity index (χ2v) is 7.76. The van der Waals surface area contributed by atoms with Crippen molar-refractivity contribution in [3.8, 4) is 5.75 Å². The van der Waals surface area contributed by atoms with E-state index in [1.54, 1.807) is 36.4 Å². The molecule has 0 aliphatic heterocycles. The summed E-state index contributed by atoms with van der Waals surface area (Å²) in [5.41, 5.74) is 0.802. The average Bonchev–Trinajstić information content (AvgIpc) is 3.07. The number of hydrogen-bond donors (Lipinski definition) is 1. The molecule has 1 aromatic heterocycles. The number of aromatic nitrogens is 2. The number of carbonyl (C=O) groups excluding carboxylic acids is 1. The summed E-state index contributed by atoms with van der Waals surface area (Å²) < 4.78 is 33.6. The molecular formula is C18H17N3O5S. The smallest absolute Gasteiger partial charge is 0.322 e.